The summed E-state index contributed by atoms with van der Waals surface area (Å²) in [6.45, 7) is 3.04. The molecule has 21 heavy (non-hydrogen) atoms. The van der Waals surface area contributed by atoms with Crippen LogP contribution in [0.25, 0.3) is 0 Å². The Morgan fingerprint density at radius 1 is 1.29 bits per heavy atom. The van der Waals surface area contributed by atoms with Crippen molar-refractivity contribution in [3.63, 3.8) is 0 Å². The first-order valence-corrected chi connectivity index (χ1v) is 7.70. The second-order valence-corrected chi connectivity index (χ2v) is 5.89. The Morgan fingerprint density at radius 3 is 2.86 bits per heavy atom. The van der Waals surface area contributed by atoms with Crippen LogP contribution in [0.3, 0.4) is 0 Å². The predicted molar refractivity (Wildman–Crippen MR) is 80.4 cm³/mol. The second kappa shape index (κ2) is 6.96. The van der Waals surface area contributed by atoms with Crippen molar-refractivity contribution in [3.05, 3.63) is 47.9 Å². The molecule has 2 aliphatic heterocycles. The molecule has 0 amide bonds. The molecule has 2 heterocycles. The van der Waals surface area contributed by atoms with Crippen molar-refractivity contribution >= 4 is 0 Å². The fourth-order valence-electron chi connectivity index (χ4n) is 3.13. The summed E-state index contributed by atoms with van der Waals surface area (Å²) in [7, 11) is 0. The summed E-state index contributed by atoms with van der Waals surface area (Å²) in [5.74, 6) is 1.21. The normalized spacial score (nSPS) is 24.0. The Balaban J connectivity index is 1.67. The molecule has 0 radical (unpaired) electrons. The highest BCUT2D eigenvalue weighted by molar-refractivity contribution is 5.17. The van der Waals surface area contributed by atoms with Gasteiger partial charge in [0, 0.05) is 19.0 Å². The van der Waals surface area contributed by atoms with Gasteiger partial charge in [-0.3, -0.25) is 0 Å². The number of hydrogen-bond acceptors (Lipinski definition) is 4. The number of ether oxygens (including phenoxy) is 2. The third-order valence-electron chi connectivity index (χ3n) is 4.18. The summed E-state index contributed by atoms with van der Waals surface area (Å²) in [5.41, 5.74) is 1.30. The molecule has 2 atom stereocenters. The zero-order chi connectivity index (χ0) is 14.5. The average molecular weight is 289 g/mol. The highest BCUT2D eigenvalue weighted by Crippen LogP contribution is 2.24. The zero-order valence-electron chi connectivity index (χ0n) is 12.3. The van der Waals surface area contributed by atoms with Gasteiger partial charge in [0.2, 0.25) is 6.79 Å². The van der Waals surface area contributed by atoms with Crippen molar-refractivity contribution in [2.24, 2.45) is 5.92 Å². The molecular weight excluding hydrogens is 266 g/mol. The average Bonchev–Trinajstić information content (AvgIpc) is 3.02. The molecule has 0 saturated carbocycles. The van der Waals surface area contributed by atoms with Gasteiger partial charge in [0.25, 0.3) is 0 Å². The molecule has 0 bridgehead atoms. The molecule has 0 aliphatic carbocycles. The summed E-state index contributed by atoms with van der Waals surface area (Å²) in [5, 5.41) is 9.84. The third-order valence-corrected chi connectivity index (χ3v) is 4.18. The first-order chi connectivity index (χ1) is 10.3. The number of piperidine rings is 1. The second-order valence-electron chi connectivity index (χ2n) is 5.89. The smallest absolute Gasteiger partial charge is 0.229 e. The molecule has 2 aliphatic rings. The molecule has 1 N–H and O–H groups in total. The summed E-state index contributed by atoms with van der Waals surface area (Å²) in [6.07, 6.45) is 4.47. The van der Waals surface area contributed by atoms with Crippen LogP contribution in [-0.4, -0.2) is 42.5 Å². The number of β-amino-alcohol motifs (C(OH)–C–C–N with tert-alkyl or cyclic N) is 1. The molecular formula is C17H23NO3. The van der Waals surface area contributed by atoms with Crippen LogP contribution in [0.15, 0.2) is 42.4 Å². The van der Waals surface area contributed by atoms with Crippen molar-refractivity contribution in [1.29, 1.82) is 0 Å². The first kappa shape index (κ1) is 14.4. The van der Waals surface area contributed by atoms with Crippen LogP contribution >= 0.6 is 0 Å². The lowest BCUT2D eigenvalue weighted by Crippen LogP contribution is -2.41. The number of likely N-dealkylation sites (tertiary alicyclic amines) is 1. The minimum Gasteiger partial charge on any atom is -0.462 e. The largest absolute Gasteiger partial charge is 0.462 e. The van der Waals surface area contributed by atoms with Crippen LogP contribution in [0.5, 0.6) is 0 Å². The van der Waals surface area contributed by atoms with Crippen molar-refractivity contribution < 1.29 is 14.6 Å². The van der Waals surface area contributed by atoms with E-state index >= 15 is 0 Å². The summed E-state index contributed by atoms with van der Waals surface area (Å²) in [6, 6.07) is 10.5. The number of hydrogen-bond donors (Lipinski definition) is 1. The maximum Gasteiger partial charge on any atom is 0.229 e. The molecule has 4 heteroatoms. The molecule has 1 aromatic rings. The van der Waals surface area contributed by atoms with Crippen LogP contribution in [0.1, 0.15) is 18.4 Å². The first-order valence-electron chi connectivity index (χ1n) is 7.70. The molecule has 3 rings (SSSR count). The van der Waals surface area contributed by atoms with Gasteiger partial charge >= 0.3 is 0 Å². The minimum atomic E-state index is -0.189. The molecule has 2 unspecified atom stereocenters. The number of rotatable bonds is 5. The lowest BCUT2D eigenvalue weighted by atomic mass is 9.96. The van der Waals surface area contributed by atoms with Crippen LogP contribution in [-0.2, 0) is 15.9 Å². The fraction of sp³-hybridized carbons (Fsp3) is 0.529. The van der Waals surface area contributed by atoms with Gasteiger partial charge < -0.3 is 19.5 Å². The van der Waals surface area contributed by atoms with E-state index in [-0.39, 0.29) is 12.0 Å². The van der Waals surface area contributed by atoms with E-state index in [2.05, 4.69) is 29.2 Å². The number of nitrogens with zero attached hydrogens (tertiary/aromatic N) is 1. The zero-order valence-corrected chi connectivity index (χ0v) is 12.3. The Kier molecular flexibility index (Phi) is 4.78. The van der Waals surface area contributed by atoms with Crippen molar-refractivity contribution in [2.45, 2.75) is 25.4 Å². The number of aliphatic hydroxyl groups excluding tert-OH is 1. The lowest BCUT2D eigenvalue weighted by Gasteiger charge is -2.32. The fourth-order valence-corrected chi connectivity index (χ4v) is 3.13. The monoisotopic (exact) mass is 289 g/mol. The molecule has 4 nitrogen and oxygen atoms in total. The minimum absolute atomic E-state index is 0.189. The molecule has 1 fully saturated rings. The van der Waals surface area contributed by atoms with E-state index in [0.717, 1.165) is 44.7 Å². The van der Waals surface area contributed by atoms with E-state index in [4.69, 9.17) is 9.47 Å². The molecule has 114 valence electrons. The SMILES string of the molecule is OC1CCCN(CC(Cc2ccccc2)C2=COCO2)C1. The summed E-state index contributed by atoms with van der Waals surface area (Å²) in [4.78, 5) is 2.34. The Bertz CT molecular complexity index is 474. The molecule has 0 aromatic heterocycles. The molecule has 1 aromatic carbocycles. The highest BCUT2D eigenvalue weighted by atomic mass is 16.7. The topological polar surface area (TPSA) is 41.9 Å². The van der Waals surface area contributed by atoms with Gasteiger partial charge in [-0.1, -0.05) is 30.3 Å². The Labute approximate surface area is 126 Å². The molecule has 1 saturated heterocycles. The van der Waals surface area contributed by atoms with Crippen LogP contribution in [0.2, 0.25) is 0 Å². The van der Waals surface area contributed by atoms with Crippen molar-refractivity contribution in [1.82, 2.24) is 4.90 Å². The van der Waals surface area contributed by atoms with E-state index < -0.39 is 0 Å². The van der Waals surface area contributed by atoms with E-state index in [9.17, 15) is 5.11 Å². The van der Waals surface area contributed by atoms with Crippen LogP contribution < -0.4 is 0 Å². The standard InChI is InChI=1S/C17H23NO3/c19-16-7-4-8-18(11-16)10-15(17-12-20-13-21-17)9-14-5-2-1-3-6-14/h1-3,5-6,12,15-16,19H,4,7-11,13H2. The van der Waals surface area contributed by atoms with Gasteiger partial charge in [0.1, 0.15) is 12.0 Å². The van der Waals surface area contributed by atoms with Gasteiger partial charge in [0.05, 0.1) is 6.10 Å². The van der Waals surface area contributed by atoms with Gasteiger partial charge in [-0.2, -0.15) is 0 Å². The number of aliphatic hydroxyl groups is 1. The van der Waals surface area contributed by atoms with E-state index in [1.54, 1.807) is 6.26 Å². The predicted octanol–water partition coefficient (Wildman–Crippen LogP) is 2.15. The third kappa shape index (κ3) is 3.99. The quantitative estimate of drug-likeness (QED) is 0.902. The summed E-state index contributed by atoms with van der Waals surface area (Å²) < 4.78 is 10.8. The van der Waals surface area contributed by atoms with E-state index in [1.807, 2.05) is 6.07 Å². The Morgan fingerprint density at radius 2 is 2.14 bits per heavy atom. The lowest BCUT2D eigenvalue weighted by molar-refractivity contribution is 0.0467. The van der Waals surface area contributed by atoms with E-state index in [1.165, 1.54) is 5.56 Å². The van der Waals surface area contributed by atoms with Crippen LogP contribution in [0, 0.1) is 5.92 Å². The van der Waals surface area contributed by atoms with Crippen LogP contribution in [0.4, 0.5) is 0 Å². The van der Waals surface area contributed by atoms with Gasteiger partial charge in [0.15, 0.2) is 0 Å². The van der Waals surface area contributed by atoms with Gasteiger partial charge in [-0.05, 0) is 31.4 Å². The van der Waals surface area contributed by atoms with Crippen molar-refractivity contribution in [3.8, 4) is 0 Å². The van der Waals surface area contributed by atoms with Gasteiger partial charge in [-0.25, -0.2) is 0 Å². The Hall–Kier alpha value is -1.52. The highest BCUT2D eigenvalue weighted by Gasteiger charge is 2.26. The van der Waals surface area contributed by atoms with Crippen molar-refractivity contribution in [2.75, 3.05) is 26.4 Å². The maximum absolute atomic E-state index is 9.84. The number of benzene rings is 1. The summed E-state index contributed by atoms with van der Waals surface area (Å²) >= 11 is 0. The van der Waals surface area contributed by atoms with E-state index in [0.29, 0.717) is 6.79 Å². The maximum atomic E-state index is 9.84. The molecule has 0 spiro atoms. The van der Waals surface area contributed by atoms with Gasteiger partial charge in [-0.15, -0.1) is 0 Å².